The number of fused-ring (bicyclic) bond motifs is 1. The predicted octanol–water partition coefficient (Wildman–Crippen LogP) is 4.10. The van der Waals surface area contributed by atoms with Crippen LogP contribution in [0.1, 0.15) is 35.8 Å². The van der Waals surface area contributed by atoms with E-state index in [9.17, 15) is 4.79 Å². The quantitative estimate of drug-likeness (QED) is 0.672. The molecule has 0 aliphatic carbocycles. The average Bonchev–Trinajstić information content (AvgIpc) is 3.04. The van der Waals surface area contributed by atoms with Crippen LogP contribution in [0.3, 0.4) is 0 Å². The van der Waals surface area contributed by atoms with Crippen molar-refractivity contribution < 1.29 is 9.53 Å². The molecule has 0 radical (unpaired) electrons. The zero-order valence-corrected chi connectivity index (χ0v) is 14.2. The molecule has 1 aromatic heterocycles. The molecule has 3 rings (SSSR count). The van der Waals surface area contributed by atoms with Gasteiger partial charge in [0, 0.05) is 34.3 Å². The molecule has 2 aromatic carbocycles. The molecule has 1 heterocycles. The molecule has 124 valence electrons. The second-order valence-corrected chi connectivity index (χ2v) is 5.96. The number of nitrogens with one attached hydrogen (secondary N) is 2. The highest BCUT2D eigenvalue weighted by atomic mass is 16.5. The number of aromatic nitrogens is 1. The van der Waals surface area contributed by atoms with Crippen LogP contribution in [0.5, 0.6) is 5.75 Å². The van der Waals surface area contributed by atoms with Crippen LogP contribution < -0.4 is 10.1 Å². The van der Waals surface area contributed by atoms with Crippen molar-refractivity contribution in [1.29, 1.82) is 0 Å². The molecule has 0 spiro atoms. The lowest BCUT2D eigenvalue weighted by molar-refractivity contribution is 0.0947. The predicted molar refractivity (Wildman–Crippen MR) is 96.6 cm³/mol. The van der Waals surface area contributed by atoms with Crippen molar-refractivity contribution in [2.24, 2.45) is 0 Å². The van der Waals surface area contributed by atoms with Gasteiger partial charge in [0.2, 0.25) is 0 Å². The highest BCUT2D eigenvalue weighted by Crippen LogP contribution is 2.25. The maximum absolute atomic E-state index is 12.8. The van der Waals surface area contributed by atoms with Crippen LogP contribution in [0.4, 0.5) is 0 Å². The summed E-state index contributed by atoms with van der Waals surface area (Å²) in [5, 5.41) is 4.34. The molecule has 4 nitrogen and oxygen atoms in total. The van der Waals surface area contributed by atoms with E-state index < -0.39 is 0 Å². The van der Waals surface area contributed by atoms with E-state index in [0.29, 0.717) is 0 Å². The molecular formula is C20H22N2O2. The minimum atomic E-state index is -0.302. The molecule has 2 atom stereocenters. The van der Waals surface area contributed by atoms with E-state index in [0.717, 1.165) is 27.8 Å². The Morgan fingerprint density at radius 2 is 1.79 bits per heavy atom. The SMILES string of the molecule is COc1ccccc1[C@@H](C)N[C@@H](C)C(=O)c1c[nH]c2ccccc12. The fourth-order valence-electron chi connectivity index (χ4n) is 3.07. The van der Waals surface area contributed by atoms with Gasteiger partial charge in [0.25, 0.3) is 0 Å². The lowest BCUT2D eigenvalue weighted by atomic mass is 10.0. The van der Waals surface area contributed by atoms with Gasteiger partial charge in [-0.1, -0.05) is 36.4 Å². The van der Waals surface area contributed by atoms with Crippen LogP contribution in [0.25, 0.3) is 10.9 Å². The normalized spacial score (nSPS) is 13.6. The second kappa shape index (κ2) is 6.89. The zero-order chi connectivity index (χ0) is 17.1. The lowest BCUT2D eigenvalue weighted by Crippen LogP contribution is -2.35. The number of Topliss-reactive ketones (excluding diaryl/α,β-unsaturated/α-hetero) is 1. The number of benzene rings is 2. The Labute approximate surface area is 141 Å². The number of hydrogen-bond acceptors (Lipinski definition) is 3. The van der Waals surface area contributed by atoms with Crippen molar-refractivity contribution >= 4 is 16.7 Å². The molecule has 0 aliphatic heterocycles. The molecule has 0 aliphatic rings. The molecule has 0 bridgehead atoms. The van der Waals surface area contributed by atoms with Crippen molar-refractivity contribution in [3.8, 4) is 5.75 Å². The largest absolute Gasteiger partial charge is 0.496 e. The standard InChI is InChI=1S/C20H22N2O2/c1-13(15-8-5-7-11-19(15)24-3)22-14(2)20(23)17-12-21-18-10-6-4-9-16(17)18/h4-14,21-22H,1-3H3/t13-,14+/m1/s1. The van der Waals surface area contributed by atoms with E-state index in [1.54, 1.807) is 13.3 Å². The average molecular weight is 322 g/mol. The highest BCUT2D eigenvalue weighted by molar-refractivity contribution is 6.10. The third-order valence-corrected chi connectivity index (χ3v) is 4.35. The number of carbonyl (C=O) groups is 1. The summed E-state index contributed by atoms with van der Waals surface area (Å²) in [5.74, 6) is 0.901. The summed E-state index contributed by atoms with van der Waals surface area (Å²) in [4.78, 5) is 16.0. The Balaban J connectivity index is 1.79. The first kappa shape index (κ1) is 16.3. The number of hydrogen-bond donors (Lipinski definition) is 2. The van der Waals surface area contributed by atoms with Gasteiger partial charge in [-0.3, -0.25) is 4.79 Å². The maximum Gasteiger partial charge on any atom is 0.181 e. The van der Waals surface area contributed by atoms with Crippen molar-refractivity contribution in [2.45, 2.75) is 25.9 Å². The summed E-state index contributed by atoms with van der Waals surface area (Å²) in [5.41, 5.74) is 2.74. The number of ketones is 1. The van der Waals surface area contributed by atoms with Crippen LogP contribution >= 0.6 is 0 Å². The maximum atomic E-state index is 12.8. The monoisotopic (exact) mass is 322 g/mol. The summed E-state index contributed by atoms with van der Waals surface area (Å²) < 4.78 is 5.41. The third kappa shape index (κ3) is 3.05. The first-order chi connectivity index (χ1) is 11.6. The molecule has 4 heteroatoms. The van der Waals surface area contributed by atoms with Gasteiger partial charge < -0.3 is 15.0 Å². The third-order valence-electron chi connectivity index (χ3n) is 4.35. The minimum Gasteiger partial charge on any atom is -0.496 e. The molecule has 0 unspecified atom stereocenters. The Kier molecular flexibility index (Phi) is 4.67. The van der Waals surface area contributed by atoms with E-state index in [1.165, 1.54) is 0 Å². The van der Waals surface area contributed by atoms with Gasteiger partial charge in [-0.25, -0.2) is 0 Å². The van der Waals surface area contributed by atoms with Gasteiger partial charge in [0.15, 0.2) is 5.78 Å². The first-order valence-corrected chi connectivity index (χ1v) is 8.11. The van der Waals surface area contributed by atoms with Gasteiger partial charge in [-0.05, 0) is 26.0 Å². The Hall–Kier alpha value is -2.59. The molecular weight excluding hydrogens is 300 g/mol. The zero-order valence-electron chi connectivity index (χ0n) is 14.2. The smallest absolute Gasteiger partial charge is 0.181 e. The fourth-order valence-corrected chi connectivity index (χ4v) is 3.07. The number of methoxy groups -OCH3 is 1. The first-order valence-electron chi connectivity index (χ1n) is 8.11. The van der Waals surface area contributed by atoms with Crippen LogP contribution in [0.2, 0.25) is 0 Å². The lowest BCUT2D eigenvalue weighted by Gasteiger charge is -2.21. The van der Waals surface area contributed by atoms with Crippen LogP contribution in [0.15, 0.2) is 54.7 Å². The van der Waals surface area contributed by atoms with Gasteiger partial charge in [0.05, 0.1) is 13.2 Å². The van der Waals surface area contributed by atoms with Gasteiger partial charge >= 0.3 is 0 Å². The number of H-pyrrole nitrogens is 1. The van der Waals surface area contributed by atoms with Crippen molar-refractivity contribution in [2.75, 3.05) is 7.11 Å². The van der Waals surface area contributed by atoms with E-state index in [-0.39, 0.29) is 17.9 Å². The fraction of sp³-hybridized carbons (Fsp3) is 0.250. The number of para-hydroxylation sites is 2. The summed E-state index contributed by atoms with van der Waals surface area (Å²) in [6, 6.07) is 15.4. The highest BCUT2D eigenvalue weighted by Gasteiger charge is 2.21. The van der Waals surface area contributed by atoms with Crippen molar-refractivity contribution in [3.05, 3.63) is 65.9 Å². The van der Waals surface area contributed by atoms with E-state index >= 15 is 0 Å². The molecule has 3 aromatic rings. The van der Waals surface area contributed by atoms with Crippen LogP contribution in [-0.2, 0) is 0 Å². The van der Waals surface area contributed by atoms with Crippen molar-refractivity contribution in [1.82, 2.24) is 10.3 Å². The molecule has 0 fully saturated rings. The van der Waals surface area contributed by atoms with E-state index in [4.69, 9.17) is 4.74 Å². The van der Waals surface area contributed by atoms with Gasteiger partial charge in [0.1, 0.15) is 5.75 Å². The van der Waals surface area contributed by atoms with E-state index in [2.05, 4.69) is 10.3 Å². The van der Waals surface area contributed by atoms with Gasteiger partial charge in [-0.15, -0.1) is 0 Å². The molecule has 0 saturated heterocycles. The summed E-state index contributed by atoms with van der Waals surface area (Å²) in [7, 11) is 1.66. The van der Waals surface area contributed by atoms with E-state index in [1.807, 2.05) is 62.4 Å². The summed E-state index contributed by atoms with van der Waals surface area (Å²) >= 11 is 0. The summed E-state index contributed by atoms with van der Waals surface area (Å²) in [6.45, 7) is 3.94. The Morgan fingerprint density at radius 3 is 2.58 bits per heavy atom. The van der Waals surface area contributed by atoms with Crippen LogP contribution in [-0.4, -0.2) is 23.9 Å². The topological polar surface area (TPSA) is 54.1 Å². The number of aromatic amines is 1. The van der Waals surface area contributed by atoms with Gasteiger partial charge in [-0.2, -0.15) is 0 Å². The number of ether oxygens (including phenoxy) is 1. The molecule has 24 heavy (non-hydrogen) atoms. The molecule has 0 saturated carbocycles. The Bertz CT molecular complexity index is 853. The van der Waals surface area contributed by atoms with Crippen molar-refractivity contribution in [3.63, 3.8) is 0 Å². The molecule has 0 amide bonds. The number of carbonyl (C=O) groups excluding carboxylic acids is 1. The van der Waals surface area contributed by atoms with Crippen LogP contribution in [0, 0.1) is 0 Å². The second-order valence-electron chi connectivity index (χ2n) is 5.96. The Morgan fingerprint density at radius 1 is 1.08 bits per heavy atom. The summed E-state index contributed by atoms with van der Waals surface area (Å²) in [6.07, 6.45) is 1.79. The number of rotatable bonds is 6. The minimum absolute atomic E-state index is 0.00491. The molecule has 2 N–H and O–H groups in total.